The minimum absolute atomic E-state index is 0.0447. The lowest BCUT2D eigenvalue weighted by atomic mass is 9.99. The molecule has 4 N–H and O–H groups in total. The third-order valence-corrected chi connectivity index (χ3v) is 11.7. The van der Waals surface area contributed by atoms with Crippen LogP contribution in [0.1, 0.15) is 219 Å². The third-order valence-electron chi connectivity index (χ3n) is 11.2. The Hall–Kier alpha value is -0.900. The summed E-state index contributed by atoms with van der Waals surface area (Å²) in [5, 5.41) is 30.7. The zero-order valence-corrected chi connectivity index (χ0v) is 37.7. The van der Waals surface area contributed by atoms with Crippen LogP contribution in [0.15, 0.2) is 0 Å². The van der Waals surface area contributed by atoms with Gasteiger partial charge < -0.3 is 34.3 Å². The predicted octanol–water partition coefficient (Wildman–Crippen LogP) is 10.1. The maximum Gasteiger partial charge on any atom is 0.397 e. The number of rotatable bonds is 42. The van der Waals surface area contributed by atoms with Crippen molar-refractivity contribution in [2.45, 2.75) is 256 Å². The van der Waals surface area contributed by atoms with Gasteiger partial charge in [0.25, 0.3) is 0 Å². The lowest BCUT2D eigenvalue weighted by molar-refractivity contribution is -0.301. The van der Waals surface area contributed by atoms with Gasteiger partial charge in [0, 0.05) is 13.0 Å². The molecule has 0 aromatic rings. The zero-order valence-electron chi connectivity index (χ0n) is 36.9. The van der Waals surface area contributed by atoms with Gasteiger partial charge in [0.1, 0.15) is 30.5 Å². The van der Waals surface area contributed by atoms with Crippen molar-refractivity contribution in [2.75, 3.05) is 26.4 Å². The summed E-state index contributed by atoms with van der Waals surface area (Å²) in [6.45, 7) is 4.03. The standard InChI is InChI=1S/C45H88O12S/c1-3-5-7-9-11-13-15-17-18-19-20-21-22-23-25-27-29-31-33-35-53-37-39(55-41(47)34-32-30-28-26-24-16-14-12-10-8-6-4-2)38-54-45-43(49)44(57-58(50,51)52)42(48)40(36-46)56-45/h39-40,42-46,48-49H,3-38H2,1-2H3,(H,50,51,52). The molecule has 346 valence electrons. The van der Waals surface area contributed by atoms with Gasteiger partial charge in [0.2, 0.25) is 0 Å². The average Bonchev–Trinajstić information content (AvgIpc) is 3.19. The lowest BCUT2D eigenvalue weighted by Gasteiger charge is -2.41. The molecule has 0 aromatic heterocycles. The summed E-state index contributed by atoms with van der Waals surface area (Å²) in [5.41, 5.74) is 0. The Labute approximate surface area is 354 Å². The summed E-state index contributed by atoms with van der Waals surface area (Å²) in [7, 11) is -5.05. The molecule has 1 aliphatic heterocycles. The molecule has 12 nitrogen and oxygen atoms in total. The molecule has 0 aliphatic carbocycles. The Bertz CT molecular complexity index is 1030. The molecule has 1 rings (SSSR count). The lowest BCUT2D eigenvalue weighted by Crippen LogP contribution is -2.60. The van der Waals surface area contributed by atoms with Crippen molar-refractivity contribution in [1.82, 2.24) is 0 Å². The van der Waals surface area contributed by atoms with E-state index in [-0.39, 0.29) is 19.6 Å². The van der Waals surface area contributed by atoms with Gasteiger partial charge in [-0.1, -0.05) is 200 Å². The van der Waals surface area contributed by atoms with Crippen LogP contribution in [0.5, 0.6) is 0 Å². The monoisotopic (exact) mass is 853 g/mol. The molecule has 0 amide bonds. The first-order chi connectivity index (χ1) is 28.1. The largest absolute Gasteiger partial charge is 0.457 e. The first-order valence-corrected chi connectivity index (χ1v) is 25.2. The van der Waals surface area contributed by atoms with Gasteiger partial charge in [-0.25, -0.2) is 4.18 Å². The van der Waals surface area contributed by atoms with E-state index in [9.17, 15) is 28.5 Å². The molecule has 0 aromatic carbocycles. The summed E-state index contributed by atoms with van der Waals surface area (Å²) in [6.07, 6.45) is 30.0. The molecule has 1 heterocycles. The summed E-state index contributed by atoms with van der Waals surface area (Å²) in [6, 6.07) is 0. The van der Waals surface area contributed by atoms with E-state index < -0.39 is 59.8 Å². The highest BCUT2D eigenvalue weighted by molar-refractivity contribution is 7.80. The van der Waals surface area contributed by atoms with E-state index in [0.717, 1.165) is 38.5 Å². The molecule has 0 bridgehead atoms. The van der Waals surface area contributed by atoms with E-state index in [2.05, 4.69) is 18.0 Å². The number of esters is 1. The SMILES string of the molecule is CCCCCCCCCCCCCCCCCCCCCOCC(COC1OC(CO)C(O)C(OS(=O)(=O)O)C1O)OC(=O)CCCCCCCCCCCCCC. The van der Waals surface area contributed by atoms with Crippen molar-refractivity contribution in [2.24, 2.45) is 0 Å². The Morgan fingerprint density at radius 3 is 1.38 bits per heavy atom. The number of carbonyl (C=O) groups is 1. The number of unbranched alkanes of at least 4 members (excludes halogenated alkanes) is 29. The number of hydrogen-bond donors (Lipinski definition) is 4. The molecule has 1 aliphatic rings. The Morgan fingerprint density at radius 1 is 0.586 bits per heavy atom. The quantitative estimate of drug-likeness (QED) is 0.0260. The normalized spacial score (nSPS) is 20.4. The Kier molecular flexibility index (Phi) is 35.9. The van der Waals surface area contributed by atoms with Crippen molar-refractivity contribution in [3.05, 3.63) is 0 Å². The number of aliphatic hydroxyl groups is 3. The molecule has 6 atom stereocenters. The van der Waals surface area contributed by atoms with Crippen LogP contribution in [0.3, 0.4) is 0 Å². The molecule has 0 radical (unpaired) electrons. The van der Waals surface area contributed by atoms with Gasteiger partial charge in [-0.15, -0.1) is 0 Å². The summed E-state index contributed by atoms with van der Waals surface area (Å²) < 4.78 is 59.1. The fourth-order valence-electron chi connectivity index (χ4n) is 7.62. The first-order valence-electron chi connectivity index (χ1n) is 23.8. The van der Waals surface area contributed by atoms with E-state index >= 15 is 0 Å². The van der Waals surface area contributed by atoms with Crippen LogP contribution >= 0.6 is 0 Å². The fraction of sp³-hybridized carbons (Fsp3) is 0.978. The molecular formula is C45H88O12S. The van der Waals surface area contributed by atoms with Crippen LogP contribution in [-0.2, 0) is 38.3 Å². The minimum Gasteiger partial charge on any atom is -0.457 e. The number of carbonyl (C=O) groups excluding carboxylic acids is 1. The highest BCUT2D eigenvalue weighted by Crippen LogP contribution is 2.26. The van der Waals surface area contributed by atoms with E-state index in [1.165, 1.54) is 154 Å². The molecule has 0 spiro atoms. The van der Waals surface area contributed by atoms with Crippen molar-refractivity contribution in [3.63, 3.8) is 0 Å². The van der Waals surface area contributed by atoms with Gasteiger partial charge in [0.15, 0.2) is 6.29 Å². The van der Waals surface area contributed by atoms with Gasteiger partial charge in [-0.2, -0.15) is 8.42 Å². The van der Waals surface area contributed by atoms with Gasteiger partial charge >= 0.3 is 16.4 Å². The third kappa shape index (κ3) is 31.0. The van der Waals surface area contributed by atoms with Crippen LogP contribution < -0.4 is 0 Å². The van der Waals surface area contributed by atoms with Crippen LogP contribution in [0, 0.1) is 0 Å². The highest BCUT2D eigenvalue weighted by Gasteiger charge is 2.48. The van der Waals surface area contributed by atoms with Gasteiger partial charge in [-0.05, 0) is 12.8 Å². The molecule has 0 saturated carbocycles. The molecule has 6 unspecified atom stereocenters. The molecule has 1 saturated heterocycles. The molecule has 13 heteroatoms. The fourth-order valence-corrected chi connectivity index (χ4v) is 8.12. The summed E-state index contributed by atoms with van der Waals surface area (Å²) in [5.74, 6) is -0.394. The topological polar surface area (TPSA) is 178 Å². The van der Waals surface area contributed by atoms with Crippen LogP contribution in [0.25, 0.3) is 0 Å². The second kappa shape index (κ2) is 37.8. The second-order valence-electron chi connectivity index (χ2n) is 16.7. The summed E-state index contributed by atoms with van der Waals surface area (Å²) >= 11 is 0. The highest BCUT2D eigenvalue weighted by atomic mass is 32.3. The van der Waals surface area contributed by atoms with E-state index in [1.807, 2.05) is 0 Å². The van der Waals surface area contributed by atoms with Crippen molar-refractivity contribution in [3.8, 4) is 0 Å². The molecular weight excluding hydrogens is 765 g/mol. The van der Waals surface area contributed by atoms with Crippen molar-refractivity contribution >= 4 is 16.4 Å². The second-order valence-corrected chi connectivity index (χ2v) is 17.8. The Morgan fingerprint density at radius 2 is 0.983 bits per heavy atom. The summed E-state index contributed by atoms with van der Waals surface area (Å²) in [4.78, 5) is 12.8. The smallest absolute Gasteiger partial charge is 0.397 e. The van der Waals surface area contributed by atoms with Crippen LogP contribution in [0.2, 0.25) is 0 Å². The van der Waals surface area contributed by atoms with E-state index in [0.29, 0.717) is 13.0 Å². The maximum atomic E-state index is 12.8. The van der Waals surface area contributed by atoms with Crippen LogP contribution in [0.4, 0.5) is 0 Å². The number of aliphatic hydroxyl groups excluding tert-OH is 3. The number of ether oxygens (including phenoxy) is 4. The average molecular weight is 853 g/mol. The predicted molar refractivity (Wildman–Crippen MR) is 230 cm³/mol. The van der Waals surface area contributed by atoms with E-state index in [4.69, 9.17) is 23.5 Å². The molecule has 58 heavy (non-hydrogen) atoms. The van der Waals surface area contributed by atoms with Crippen LogP contribution in [-0.4, -0.2) is 97.5 Å². The van der Waals surface area contributed by atoms with Crippen molar-refractivity contribution < 1.29 is 56.2 Å². The first kappa shape index (κ1) is 55.1. The minimum atomic E-state index is -5.05. The number of hydrogen-bond acceptors (Lipinski definition) is 11. The van der Waals surface area contributed by atoms with Gasteiger partial charge in [0.05, 0.1) is 19.8 Å². The maximum absolute atomic E-state index is 12.8. The van der Waals surface area contributed by atoms with Gasteiger partial charge in [-0.3, -0.25) is 9.35 Å². The zero-order chi connectivity index (χ0) is 42.5. The molecule has 1 fully saturated rings. The van der Waals surface area contributed by atoms with Crippen molar-refractivity contribution in [1.29, 1.82) is 0 Å². The van der Waals surface area contributed by atoms with E-state index in [1.54, 1.807) is 0 Å². The Balaban J connectivity index is 2.36.